The molecule has 7 heteroatoms. The number of carbonyl (C=O) groups is 2. The van der Waals surface area contributed by atoms with Gasteiger partial charge in [-0.15, -0.1) is 0 Å². The van der Waals surface area contributed by atoms with E-state index in [0.29, 0.717) is 24.2 Å². The molecule has 6 nitrogen and oxygen atoms in total. The number of urea groups is 1. The summed E-state index contributed by atoms with van der Waals surface area (Å²) in [5.74, 6) is -1.09. The molecule has 0 bridgehead atoms. The van der Waals surface area contributed by atoms with Gasteiger partial charge in [-0.1, -0.05) is 15.9 Å². The summed E-state index contributed by atoms with van der Waals surface area (Å²) < 4.78 is 6.01. The Morgan fingerprint density at radius 2 is 2.14 bits per heavy atom. The quantitative estimate of drug-likeness (QED) is 0.853. The number of hydrogen-bond acceptors (Lipinski definition) is 3. The van der Waals surface area contributed by atoms with Crippen molar-refractivity contribution in [1.29, 1.82) is 0 Å². The van der Waals surface area contributed by atoms with E-state index < -0.39 is 11.5 Å². The second-order valence-electron chi connectivity index (χ2n) is 5.44. The van der Waals surface area contributed by atoms with Gasteiger partial charge in [0.2, 0.25) is 0 Å². The van der Waals surface area contributed by atoms with Gasteiger partial charge in [-0.05, 0) is 32.0 Å². The Morgan fingerprint density at radius 1 is 1.43 bits per heavy atom. The van der Waals surface area contributed by atoms with Crippen LogP contribution in [0.4, 0.5) is 10.5 Å². The average molecular weight is 357 g/mol. The molecule has 0 saturated carbocycles. The smallest absolute Gasteiger partial charge is 0.337 e. The summed E-state index contributed by atoms with van der Waals surface area (Å²) in [6, 6.07) is 4.39. The zero-order chi connectivity index (χ0) is 15.6. The molecule has 0 atom stereocenters. The van der Waals surface area contributed by atoms with Crippen molar-refractivity contribution in [2.75, 3.05) is 25.1 Å². The number of hydrogen-bond donors (Lipinski definition) is 2. The molecule has 114 valence electrons. The van der Waals surface area contributed by atoms with E-state index in [9.17, 15) is 14.7 Å². The Kier molecular flexibility index (Phi) is 4.53. The topological polar surface area (TPSA) is 78.9 Å². The van der Waals surface area contributed by atoms with Crippen molar-refractivity contribution >= 4 is 33.6 Å². The number of nitrogens with zero attached hydrogens (tertiary/aromatic N) is 1. The molecule has 0 aliphatic carbocycles. The third-order valence-electron chi connectivity index (χ3n) is 3.34. The maximum absolute atomic E-state index is 12.4. The SMILES string of the molecule is CC1(C)COCCN1C(=O)Nc1ccc(Br)cc1C(=O)O. The minimum atomic E-state index is -1.09. The Balaban J connectivity index is 2.22. The second kappa shape index (κ2) is 6.03. The second-order valence-corrected chi connectivity index (χ2v) is 6.36. The number of carbonyl (C=O) groups excluding carboxylic acids is 1. The predicted octanol–water partition coefficient (Wildman–Crippen LogP) is 2.79. The molecule has 0 aromatic heterocycles. The lowest BCUT2D eigenvalue weighted by molar-refractivity contribution is -0.0249. The van der Waals surface area contributed by atoms with E-state index in [0.717, 1.165) is 0 Å². The lowest BCUT2D eigenvalue weighted by atomic mass is 10.0. The number of anilines is 1. The summed E-state index contributed by atoms with van der Waals surface area (Å²) in [6.07, 6.45) is 0. The fraction of sp³-hybridized carbons (Fsp3) is 0.429. The number of carboxylic acids is 1. The lowest BCUT2D eigenvalue weighted by Crippen LogP contribution is -2.56. The Morgan fingerprint density at radius 3 is 2.76 bits per heavy atom. The number of benzene rings is 1. The van der Waals surface area contributed by atoms with Crippen LogP contribution in [0.25, 0.3) is 0 Å². The van der Waals surface area contributed by atoms with Crippen molar-refractivity contribution in [2.24, 2.45) is 0 Å². The first kappa shape index (κ1) is 15.8. The molecule has 1 saturated heterocycles. The van der Waals surface area contributed by atoms with Crippen LogP contribution in [0.1, 0.15) is 24.2 Å². The molecule has 1 heterocycles. The van der Waals surface area contributed by atoms with E-state index in [-0.39, 0.29) is 17.3 Å². The zero-order valence-electron chi connectivity index (χ0n) is 11.9. The third kappa shape index (κ3) is 3.54. The van der Waals surface area contributed by atoms with Crippen LogP contribution in [0.15, 0.2) is 22.7 Å². The standard InChI is InChI=1S/C14H17BrN2O4/c1-14(2)8-21-6-5-17(14)13(20)16-11-4-3-9(15)7-10(11)12(18)19/h3-4,7H,5-6,8H2,1-2H3,(H,16,20)(H,18,19). The predicted molar refractivity (Wildman–Crippen MR) is 81.7 cm³/mol. The van der Waals surface area contributed by atoms with Gasteiger partial charge in [-0.2, -0.15) is 0 Å². The molecule has 1 aromatic rings. The van der Waals surface area contributed by atoms with Crippen molar-refractivity contribution in [3.63, 3.8) is 0 Å². The summed E-state index contributed by atoms with van der Waals surface area (Å²) in [6.45, 7) is 5.21. The van der Waals surface area contributed by atoms with Crippen LogP contribution >= 0.6 is 15.9 Å². The van der Waals surface area contributed by atoms with Gasteiger partial charge in [-0.25, -0.2) is 9.59 Å². The molecule has 1 aromatic carbocycles. The minimum absolute atomic E-state index is 0.0452. The number of morpholine rings is 1. The lowest BCUT2D eigenvalue weighted by Gasteiger charge is -2.41. The highest BCUT2D eigenvalue weighted by Gasteiger charge is 2.34. The van der Waals surface area contributed by atoms with E-state index >= 15 is 0 Å². The number of amides is 2. The highest BCUT2D eigenvalue weighted by atomic mass is 79.9. The van der Waals surface area contributed by atoms with E-state index in [1.807, 2.05) is 13.8 Å². The Hall–Kier alpha value is -1.60. The van der Waals surface area contributed by atoms with Gasteiger partial charge in [0.05, 0.1) is 30.0 Å². The summed E-state index contributed by atoms with van der Waals surface area (Å²) >= 11 is 3.22. The van der Waals surface area contributed by atoms with Crippen LogP contribution in [0, 0.1) is 0 Å². The molecule has 0 radical (unpaired) electrons. The van der Waals surface area contributed by atoms with E-state index in [1.165, 1.54) is 6.07 Å². The normalized spacial score (nSPS) is 17.4. The van der Waals surface area contributed by atoms with Gasteiger partial charge in [0.15, 0.2) is 0 Å². The monoisotopic (exact) mass is 356 g/mol. The molecule has 0 spiro atoms. The van der Waals surface area contributed by atoms with E-state index in [2.05, 4.69) is 21.2 Å². The summed E-state index contributed by atoms with van der Waals surface area (Å²) in [7, 11) is 0. The summed E-state index contributed by atoms with van der Waals surface area (Å²) in [5.41, 5.74) is -0.108. The fourth-order valence-electron chi connectivity index (χ4n) is 2.22. The number of nitrogens with one attached hydrogen (secondary N) is 1. The Bertz CT molecular complexity index is 574. The van der Waals surface area contributed by atoms with Gasteiger partial charge in [0.25, 0.3) is 0 Å². The van der Waals surface area contributed by atoms with Crippen molar-refractivity contribution in [2.45, 2.75) is 19.4 Å². The first-order chi connectivity index (χ1) is 9.81. The van der Waals surface area contributed by atoms with Crippen LogP contribution in [-0.2, 0) is 4.74 Å². The van der Waals surface area contributed by atoms with Crippen molar-refractivity contribution in [3.8, 4) is 0 Å². The zero-order valence-corrected chi connectivity index (χ0v) is 13.4. The van der Waals surface area contributed by atoms with Crippen LogP contribution < -0.4 is 5.32 Å². The molecule has 2 rings (SSSR count). The third-order valence-corrected chi connectivity index (χ3v) is 3.84. The van der Waals surface area contributed by atoms with Crippen molar-refractivity contribution in [1.82, 2.24) is 4.90 Å². The van der Waals surface area contributed by atoms with Crippen LogP contribution in [0.5, 0.6) is 0 Å². The van der Waals surface area contributed by atoms with E-state index in [1.54, 1.807) is 17.0 Å². The molecule has 1 aliphatic rings. The van der Waals surface area contributed by atoms with Gasteiger partial charge >= 0.3 is 12.0 Å². The molecule has 1 fully saturated rings. The largest absolute Gasteiger partial charge is 0.478 e. The van der Waals surface area contributed by atoms with Crippen molar-refractivity contribution in [3.05, 3.63) is 28.2 Å². The molecular formula is C14H17BrN2O4. The molecule has 1 aliphatic heterocycles. The first-order valence-corrected chi connectivity index (χ1v) is 7.30. The maximum atomic E-state index is 12.4. The van der Waals surface area contributed by atoms with Gasteiger partial charge in [0.1, 0.15) is 0 Å². The first-order valence-electron chi connectivity index (χ1n) is 6.50. The number of ether oxygens (including phenoxy) is 1. The number of rotatable bonds is 2. The number of carboxylic acid groups (broad SMARTS) is 1. The van der Waals surface area contributed by atoms with Gasteiger partial charge in [0, 0.05) is 11.0 Å². The fourth-order valence-corrected chi connectivity index (χ4v) is 2.58. The van der Waals surface area contributed by atoms with Crippen LogP contribution in [0.3, 0.4) is 0 Å². The summed E-state index contributed by atoms with van der Waals surface area (Å²) in [4.78, 5) is 25.3. The maximum Gasteiger partial charge on any atom is 0.337 e. The van der Waals surface area contributed by atoms with Crippen LogP contribution in [0.2, 0.25) is 0 Å². The van der Waals surface area contributed by atoms with Gasteiger partial charge < -0.3 is 20.1 Å². The molecular weight excluding hydrogens is 340 g/mol. The molecule has 0 unspecified atom stereocenters. The summed E-state index contributed by atoms with van der Waals surface area (Å²) in [5, 5.41) is 11.9. The van der Waals surface area contributed by atoms with E-state index in [4.69, 9.17) is 4.74 Å². The highest BCUT2D eigenvalue weighted by Crippen LogP contribution is 2.24. The molecule has 21 heavy (non-hydrogen) atoms. The minimum Gasteiger partial charge on any atom is -0.478 e. The van der Waals surface area contributed by atoms with Crippen LogP contribution in [-0.4, -0.2) is 47.3 Å². The van der Waals surface area contributed by atoms with Gasteiger partial charge in [-0.3, -0.25) is 0 Å². The average Bonchev–Trinajstić information content (AvgIpc) is 2.39. The Labute approximate surface area is 131 Å². The molecule has 2 amide bonds. The highest BCUT2D eigenvalue weighted by molar-refractivity contribution is 9.10. The van der Waals surface area contributed by atoms with Crippen molar-refractivity contribution < 1.29 is 19.4 Å². The molecule has 2 N–H and O–H groups in total. The number of aromatic carboxylic acids is 1. The number of halogens is 1.